The van der Waals surface area contributed by atoms with Crippen molar-refractivity contribution in [1.29, 1.82) is 5.41 Å². The average molecular weight is 412 g/mol. The van der Waals surface area contributed by atoms with Gasteiger partial charge in [0, 0.05) is 18.9 Å². The molecule has 0 atom stereocenters. The molecule has 0 spiro atoms. The second kappa shape index (κ2) is 9.59. The number of nitrogens with zero attached hydrogens (tertiary/aromatic N) is 1. The summed E-state index contributed by atoms with van der Waals surface area (Å²) in [6.45, 7) is 0.732. The molecule has 1 fully saturated rings. The smallest absolute Gasteiger partial charge is 0.286 e. The van der Waals surface area contributed by atoms with Gasteiger partial charge in [-0.25, -0.2) is 0 Å². The molecule has 4 nitrogen and oxygen atoms in total. The molecule has 0 amide bonds. The number of aliphatic hydroxyl groups is 1. The van der Waals surface area contributed by atoms with Crippen LogP contribution in [0.25, 0.3) is 0 Å². The number of hydrogen-bond acceptors (Lipinski definition) is 5. The molecular formula is C16H21Cl2F2N3OS. The Morgan fingerprint density at radius 1 is 1.36 bits per heavy atom. The Morgan fingerprint density at radius 3 is 2.32 bits per heavy atom. The van der Waals surface area contributed by atoms with Crippen molar-refractivity contribution in [2.75, 3.05) is 0 Å². The standard InChI is InChI=1S/C16H21Cl2F2N3OS/c1-16(19,20)13(23-10-5-3-2-4-6-10)9(8-21)7-11(24)12(14(17)22)15(18)25/h8,10,22,24H,2-7,21H2,1H3. The van der Waals surface area contributed by atoms with E-state index in [1.807, 2.05) is 0 Å². The van der Waals surface area contributed by atoms with Gasteiger partial charge in [0.2, 0.25) is 0 Å². The largest absolute Gasteiger partial charge is 0.511 e. The highest BCUT2D eigenvalue weighted by Gasteiger charge is 2.34. The van der Waals surface area contributed by atoms with Crippen LogP contribution >= 0.6 is 35.4 Å². The number of halogens is 4. The molecule has 0 aliphatic heterocycles. The maximum Gasteiger partial charge on any atom is 0.286 e. The number of aliphatic hydroxyl groups excluding tert-OH is 1. The predicted molar refractivity (Wildman–Crippen MR) is 104 cm³/mol. The zero-order valence-corrected chi connectivity index (χ0v) is 16.1. The van der Waals surface area contributed by atoms with E-state index in [9.17, 15) is 13.9 Å². The first kappa shape index (κ1) is 22.0. The van der Waals surface area contributed by atoms with E-state index in [-0.39, 0.29) is 21.5 Å². The summed E-state index contributed by atoms with van der Waals surface area (Å²) in [5.41, 5.74) is 4.70. The summed E-state index contributed by atoms with van der Waals surface area (Å²) in [7, 11) is 0. The Morgan fingerprint density at radius 2 is 1.92 bits per heavy atom. The van der Waals surface area contributed by atoms with E-state index in [4.69, 9.17) is 46.6 Å². The number of nitrogens with two attached hydrogens (primary N) is 1. The molecule has 0 aromatic carbocycles. The quantitative estimate of drug-likeness (QED) is 0.176. The molecule has 0 heterocycles. The molecule has 1 rings (SSSR count). The van der Waals surface area contributed by atoms with Crippen molar-refractivity contribution < 1.29 is 13.9 Å². The molecule has 0 saturated heterocycles. The lowest BCUT2D eigenvalue weighted by molar-refractivity contribution is 0.0998. The minimum atomic E-state index is -3.24. The van der Waals surface area contributed by atoms with Crippen LogP contribution in [0.15, 0.2) is 28.1 Å². The SMILES string of the molecule is CC(F)(F)C(=NC1CCCCC1)C(=CN)CC(O)=C(C(=N)Cl)C(=S)Cl. The molecule has 140 valence electrons. The number of hydrogen-bond donors (Lipinski definition) is 3. The maximum absolute atomic E-state index is 14.1. The Labute approximate surface area is 161 Å². The predicted octanol–water partition coefficient (Wildman–Crippen LogP) is 5.24. The minimum Gasteiger partial charge on any atom is -0.511 e. The number of thiocarbonyl (C=S) groups is 1. The van der Waals surface area contributed by atoms with Gasteiger partial charge in [-0.1, -0.05) is 54.7 Å². The summed E-state index contributed by atoms with van der Waals surface area (Å²) < 4.78 is 27.9. The van der Waals surface area contributed by atoms with Crippen LogP contribution in [0.4, 0.5) is 8.78 Å². The van der Waals surface area contributed by atoms with Gasteiger partial charge in [-0.15, -0.1) is 0 Å². The van der Waals surface area contributed by atoms with E-state index in [2.05, 4.69) is 4.99 Å². The van der Waals surface area contributed by atoms with Gasteiger partial charge < -0.3 is 10.8 Å². The van der Waals surface area contributed by atoms with Crippen molar-refractivity contribution in [2.45, 2.75) is 57.4 Å². The topological polar surface area (TPSA) is 82.5 Å². The van der Waals surface area contributed by atoms with E-state index in [0.29, 0.717) is 0 Å². The van der Waals surface area contributed by atoms with E-state index in [1.165, 1.54) is 0 Å². The third-order valence-electron chi connectivity index (χ3n) is 3.87. The second-order valence-corrected chi connectivity index (χ2v) is 7.32. The molecule has 1 saturated carbocycles. The fourth-order valence-corrected chi connectivity index (χ4v) is 3.42. The summed E-state index contributed by atoms with van der Waals surface area (Å²) in [4.78, 5) is 4.21. The first-order valence-corrected chi connectivity index (χ1v) is 8.98. The van der Waals surface area contributed by atoms with E-state index in [1.54, 1.807) is 0 Å². The molecule has 0 aromatic heterocycles. The molecule has 25 heavy (non-hydrogen) atoms. The highest BCUT2D eigenvalue weighted by Crippen LogP contribution is 2.29. The van der Waals surface area contributed by atoms with Gasteiger partial charge in [0.1, 0.15) is 21.0 Å². The average Bonchev–Trinajstić information content (AvgIpc) is 2.49. The van der Waals surface area contributed by atoms with Crippen LogP contribution in [0.1, 0.15) is 45.4 Å². The minimum absolute atomic E-state index is 0.0566. The number of nitrogens with one attached hydrogen (secondary N) is 1. The summed E-state index contributed by atoms with van der Waals surface area (Å²) in [5, 5.41) is 17.0. The van der Waals surface area contributed by atoms with Crippen LogP contribution in [0.2, 0.25) is 0 Å². The Bertz CT molecular complexity index is 605. The third kappa shape index (κ3) is 6.64. The van der Waals surface area contributed by atoms with E-state index in [0.717, 1.165) is 45.2 Å². The van der Waals surface area contributed by atoms with Crippen molar-refractivity contribution in [3.8, 4) is 0 Å². The van der Waals surface area contributed by atoms with Crippen molar-refractivity contribution >= 4 is 50.6 Å². The fourth-order valence-electron chi connectivity index (χ4n) is 2.69. The molecule has 1 aliphatic carbocycles. The van der Waals surface area contributed by atoms with Crippen LogP contribution in [0.3, 0.4) is 0 Å². The lowest BCUT2D eigenvalue weighted by Gasteiger charge is -2.23. The number of allylic oxidation sites excluding steroid dienone is 2. The molecular weight excluding hydrogens is 391 g/mol. The second-order valence-electron chi connectivity index (χ2n) is 5.94. The number of rotatable bonds is 7. The highest BCUT2D eigenvalue weighted by atomic mass is 35.5. The van der Waals surface area contributed by atoms with Crippen molar-refractivity contribution in [1.82, 2.24) is 0 Å². The van der Waals surface area contributed by atoms with Crippen LogP contribution in [-0.2, 0) is 0 Å². The number of aliphatic imine (C=N–C) groups is 1. The Balaban J connectivity index is 3.23. The summed E-state index contributed by atoms with van der Waals surface area (Å²) in [6.07, 6.45) is 5.01. The zero-order valence-electron chi connectivity index (χ0n) is 13.8. The molecule has 0 aromatic rings. The van der Waals surface area contributed by atoms with Gasteiger partial charge in [0.25, 0.3) is 5.92 Å². The van der Waals surface area contributed by atoms with Crippen molar-refractivity contribution in [3.05, 3.63) is 23.1 Å². The molecule has 0 bridgehead atoms. The van der Waals surface area contributed by atoms with Crippen LogP contribution < -0.4 is 5.73 Å². The van der Waals surface area contributed by atoms with Crippen LogP contribution in [0, 0.1) is 5.41 Å². The fraction of sp³-hybridized carbons (Fsp3) is 0.562. The number of alkyl halides is 2. The monoisotopic (exact) mass is 411 g/mol. The third-order valence-corrected chi connectivity index (χ3v) is 4.45. The lowest BCUT2D eigenvalue weighted by Crippen LogP contribution is -2.30. The van der Waals surface area contributed by atoms with Gasteiger partial charge in [0.15, 0.2) is 0 Å². The molecule has 1 aliphatic rings. The molecule has 4 N–H and O–H groups in total. The van der Waals surface area contributed by atoms with Crippen LogP contribution in [0.5, 0.6) is 0 Å². The van der Waals surface area contributed by atoms with Gasteiger partial charge in [0.05, 0.1) is 11.6 Å². The van der Waals surface area contributed by atoms with E-state index >= 15 is 0 Å². The summed E-state index contributed by atoms with van der Waals surface area (Å²) in [6, 6.07) is -0.199. The zero-order chi connectivity index (χ0) is 19.2. The Kier molecular flexibility index (Phi) is 8.44. The Hall–Kier alpha value is -1.05. The highest BCUT2D eigenvalue weighted by molar-refractivity contribution is 7.83. The first-order valence-electron chi connectivity index (χ1n) is 7.81. The normalized spacial score (nSPS) is 18.8. The van der Waals surface area contributed by atoms with Gasteiger partial charge in [-0.05, 0) is 19.0 Å². The van der Waals surface area contributed by atoms with Gasteiger partial charge in [-0.2, -0.15) is 8.78 Å². The van der Waals surface area contributed by atoms with Gasteiger partial charge >= 0.3 is 0 Å². The summed E-state index contributed by atoms with van der Waals surface area (Å²) in [5.74, 6) is -3.74. The molecule has 9 heteroatoms. The maximum atomic E-state index is 14.1. The van der Waals surface area contributed by atoms with Crippen molar-refractivity contribution in [3.63, 3.8) is 0 Å². The van der Waals surface area contributed by atoms with Crippen LogP contribution in [-0.4, -0.2) is 32.3 Å². The summed E-state index contributed by atoms with van der Waals surface area (Å²) >= 11 is 15.9. The van der Waals surface area contributed by atoms with E-state index < -0.39 is 29.0 Å². The molecule has 0 unspecified atom stereocenters. The van der Waals surface area contributed by atoms with Crippen molar-refractivity contribution in [2.24, 2.45) is 10.7 Å². The van der Waals surface area contributed by atoms with Gasteiger partial charge in [-0.3, -0.25) is 10.4 Å². The lowest BCUT2D eigenvalue weighted by atomic mass is 9.94. The first-order chi connectivity index (χ1) is 11.6. The molecule has 0 radical (unpaired) electrons.